The molecule has 2 fully saturated rings. The Labute approximate surface area is 163 Å². The third-order valence-corrected chi connectivity index (χ3v) is 7.19. The zero-order chi connectivity index (χ0) is 19.2. The first kappa shape index (κ1) is 18.6. The van der Waals surface area contributed by atoms with Gasteiger partial charge in [-0.25, -0.2) is 0 Å². The van der Waals surface area contributed by atoms with Crippen molar-refractivity contribution >= 4 is 5.97 Å². The topological polar surface area (TPSA) is 35.5 Å². The van der Waals surface area contributed by atoms with Crippen LogP contribution >= 0.6 is 0 Å². The molecule has 3 aliphatic rings. The molecular formula is C24H32O3. The maximum Gasteiger partial charge on any atom is 0.306 e. The molecule has 0 radical (unpaired) electrons. The fraction of sp³-hybridized carbons (Fsp3) is 0.625. The lowest BCUT2D eigenvalue weighted by Crippen LogP contribution is -2.43. The highest BCUT2D eigenvalue weighted by atomic mass is 16.5. The summed E-state index contributed by atoms with van der Waals surface area (Å²) in [5, 5.41) is 0. The number of ether oxygens (including phenoxy) is 2. The highest BCUT2D eigenvalue weighted by molar-refractivity contribution is 5.71. The molecule has 1 saturated heterocycles. The first-order chi connectivity index (χ1) is 12.8. The first-order valence-electron chi connectivity index (χ1n) is 10.5. The van der Waals surface area contributed by atoms with Crippen molar-refractivity contribution in [2.24, 2.45) is 23.2 Å². The summed E-state index contributed by atoms with van der Waals surface area (Å²) in [4.78, 5) is 11.3. The van der Waals surface area contributed by atoms with Crippen LogP contribution in [0.5, 0.6) is 5.75 Å². The number of cyclic esters (lactones) is 1. The van der Waals surface area contributed by atoms with Crippen molar-refractivity contribution in [2.75, 3.05) is 0 Å². The number of carbonyl (C=O) groups is 1. The molecule has 0 spiro atoms. The van der Waals surface area contributed by atoms with E-state index in [9.17, 15) is 4.79 Å². The summed E-state index contributed by atoms with van der Waals surface area (Å²) in [5.41, 5.74) is 2.97. The Bertz CT molecular complexity index is 734. The van der Waals surface area contributed by atoms with Crippen molar-refractivity contribution in [1.29, 1.82) is 0 Å². The third-order valence-electron chi connectivity index (χ3n) is 7.19. The second-order valence-electron chi connectivity index (χ2n) is 9.40. The average molecular weight is 369 g/mol. The summed E-state index contributed by atoms with van der Waals surface area (Å²) >= 11 is 0. The molecule has 2 aliphatic carbocycles. The van der Waals surface area contributed by atoms with E-state index in [1.54, 1.807) is 0 Å². The molecule has 3 nitrogen and oxygen atoms in total. The van der Waals surface area contributed by atoms with Crippen molar-refractivity contribution in [2.45, 2.75) is 72.0 Å². The van der Waals surface area contributed by atoms with Gasteiger partial charge in [0.15, 0.2) is 0 Å². The smallest absolute Gasteiger partial charge is 0.306 e. The molecule has 146 valence electrons. The fourth-order valence-corrected chi connectivity index (χ4v) is 5.96. The van der Waals surface area contributed by atoms with E-state index in [-0.39, 0.29) is 23.6 Å². The predicted molar refractivity (Wildman–Crippen MR) is 107 cm³/mol. The molecule has 0 amide bonds. The van der Waals surface area contributed by atoms with Gasteiger partial charge in [0, 0.05) is 18.8 Å². The van der Waals surface area contributed by atoms with Gasteiger partial charge in [0.1, 0.15) is 18.0 Å². The third kappa shape index (κ3) is 3.53. The molecule has 1 heterocycles. The number of fused-ring (bicyclic) bond motifs is 1. The summed E-state index contributed by atoms with van der Waals surface area (Å²) in [6.45, 7) is 9.51. The van der Waals surface area contributed by atoms with Gasteiger partial charge in [0.25, 0.3) is 0 Å². The van der Waals surface area contributed by atoms with Crippen LogP contribution in [0.15, 0.2) is 35.9 Å². The van der Waals surface area contributed by atoms with E-state index in [1.807, 2.05) is 0 Å². The van der Waals surface area contributed by atoms with Gasteiger partial charge in [0.2, 0.25) is 0 Å². The van der Waals surface area contributed by atoms with E-state index in [0.717, 1.165) is 24.5 Å². The van der Waals surface area contributed by atoms with Crippen molar-refractivity contribution < 1.29 is 14.3 Å². The van der Waals surface area contributed by atoms with Crippen molar-refractivity contribution in [3.05, 3.63) is 41.5 Å². The van der Waals surface area contributed by atoms with Gasteiger partial charge in [-0.05, 0) is 67.2 Å². The highest BCUT2D eigenvalue weighted by Crippen LogP contribution is 2.56. The summed E-state index contributed by atoms with van der Waals surface area (Å²) in [6, 6.07) is 8.36. The second kappa shape index (κ2) is 7.00. The number of carbonyl (C=O) groups excluding carboxylic acids is 1. The number of esters is 1. The van der Waals surface area contributed by atoms with Gasteiger partial charge in [-0.15, -0.1) is 0 Å². The van der Waals surface area contributed by atoms with Crippen molar-refractivity contribution in [3.8, 4) is 5.75 Å². The molecule has 1 unspecified atom stereocenters. The van der Waals surface area contributed by atoms with E-state index in [2.05, 4.69) is 58.0 Å². The molecule has 0 bridgehead atoms. The van der Waals surface area contributed by atoms with E-state index in [1.165, 1.54) is 24.0 Å². The molecule has 1 aromatic rings. The van der Waals surface area contributed by atoms with E-state index in [0.29, 0.717) is 18.3 Å². The Morgan fingerprint density at radius 3 is 2.63 bits per heavy atom. The van der Waals surface area contributed by atoms with E-state index >= 15 is 0 Å². The number of allylic oxidation sites excluding steroid dienone is 1. The number of hydrogen-bond acceptors (Lipinski definition) is 3. The SMILES string of the molecule is CC1=C[C@H](Oc2ccc(CC3CCC(=O)O3)cc2)[C@@H]2[C@@H](C)C[C@@H](C)C[C@@]12C. The van der Waals surface area contributed by atoms with Gasteiger partial charge in [-0.1, -0.05) is 38.5 Å². The minimum Gasteiger partial charge on any atom is -0.486 e. The molecule has 1 saturated carbocycles. The summed E-state index contributed by atoms with van der Waals surface area (Å²) in [7, 11) is 0. The zero-order valence-corrected chi connectivity index (χ0v) is 17.0. The Kier molecular flexibility index (Phi) is 4.82. The van der Waals surface area contributed by atoms with Gasteiger partial charge in [-0.3, -0.25) is 4.79 Å². The van der Waals surface area contributed by atoms with E-state index in [4.69, 9.17) is 9.47 Å². The molecule has 1 aromatic carbocycles. The van der Waals surface area contributed by atoms with E-state index < -0.39 is 0 Å². The Balaban J connectivity index is 1.44. The number of benzene rings is 1. The first-order valence-corrected chi connectivity index (χ1v) is 10.5. The molecule has 3 heteroatoms. The quantitative estimate of drug-likeness (QED) is 0.532. The van der Waals surface area contributed by atoms with Crippen LogP contribution in [-0.4, -0.2) is 18.2 Å². The Morgan fingerprint density at radius 2 is 1.96 bits per heavy atom. The molecular weight excluding hydrogens is 336 g/mol. The van der Waals surface area contributed by atoms with Gasteiger partial charge in [-0.2, -0.15) is 0 Å². The molecule has 4 rings (SSSR count). The van der Waals surface area contributed by atoms with Gasteiger partial charge >= 0.3 is 5.97 Å². The second-order valence-corrected chi connectivity index (χ2v) is 9.40. The van der Waals surface area contributed by atoms with Crippen molar-refractivity contribution in [1.82, 2.24) is 0 Å². The number of rotatable bonds is 4. The lowest BCUT2D eigenvalue weighted by molar-refractivity contribution is -0.141. The monoisotopic (exact) mass is 368 g/mol. The van der Waals surface area contributed by atoms with Crippen LogP contribution < -0.4 is 4.74 Å². The molecule has 27 heavy (non-hydrogen) atoms. The van der Waals surface area contributed by atoms with Crippen LogP contribution in [-0.2, 0) is 16.0 Å². The molecule has 1 aliphatic heterocycles. The van der Waals surface area contributed by atoms with Crippen LogP contribution in [0, 0.1) is 23.2 Å². The maximum atomic E-state index is 11.3. The normalized spacial score (nSPS) is 38.3. The standard InChI is InChI=1S/C24H32O3/c1-15-11-16(2)23-21(12-17(3)24(23,4)14-15)26-19-7-5-18(6-8-19)13-20-9-10-22(25)27-20/h5-8,12,15-16,20-21,23H,9-11,13-14H2,1-4H3/t15-,16+,20?,21+,23+,24+/m1/s1. The fourth-order valence-electron chi connectivity index (χ4n) is 5.96. The van der Waals surface area contributed by atoms with Gasteiger partial charge in [0.05, 0.1) is 0 Å². The van der Waals surface area contributed by atoms with Crippen LogP contribution in [0.4, 0.5) is 0 Å². The highest BCUT2D eigenvalue weighted by Gasteiger charge is 2.51. The zero-order valence-electron chi connectivity index (χ0n) is 17.0. The van der Waals surface area contributed by atoms with Crippen LogP contribution in [0.3, 0.4) is 0 Å². The maximum absolute atomic E-state index is 11.3. The minimum atomic E-state index is -0.0673. The Morgan fingerprint density at radius 1 is 1.22 bits per heavy atom. The van der Waals surface area contributed by atoms with Crippen LogP contribution in [0.25, 0.3) is 0 Å². The summed E-state index contributed by atoms with van der Waals surface area (Å²) in [5.74, 6) is 2.89. The predicted octanol–water partition coefficient (Wildman–Crippen LogP) is 5.33. The largest absolute Gasteiger partial charge is 0.486 e. The van der Waals surface area contributed by atoms with Crippen LogP contribution in [0.2, 0.25) is 0 Å². The molecule has 6 atom stereocenters. The molecule has 0 aromatic heterocycles. The van der Waals surface area contributed by atoms with Crippen molar-refractivity contribution in [3.63, 3.8) is 0 Å². The number of hydrogen-bond donors (Lipinski definition) is 0. The summed E-state index contributed by atoms with van der Waals surface area (Å²) in [6.07, 6.45) is 7.31. The summed E-state index contributed by atoms with van der Waals surface area (Å²) < 4.78 is 11.8. The minimum absolute atomic E-state index is 0.0375. The lowest BCUT2D eigenvalue weighted by atomic mass is 9.59. The van der Waals surface area contributed by atoms with Crippen LogP contribution in [0.1, 0.15) is 58.9 Å². The Hall–Kier alpha value is -1.77. The lowest BCUT2D eigenvalue weighted by Gasteiger charge is -2.46. The average Bonchev–Trinajstić information content (AvgIpc) is 3.10. The molecule has 0 N–H and O–H groups in total. The van der Waals surface area contributed by atoms with Gasteiger partial charge < -0.3 is 9.47 Å².